The van der Waals surface area contributed by atoms with Crippen LogP contribution < -0.4 is 10.0 Å². The van der Waals surface area contributed by atoms with E-state index < -0.39 is 10.0 Å². The van der Waals surface area contributed by atoms with E-state index >= 15 is 0 Å². The van der Waals surface area contributed by atoms with E-state index in [0.29, 0.717) is 35.8 Å². The molecule has 1 aromatic rings. The van der Waals surface area contributed by atoms with E-state index in [9.17, 15) is 8.42 Å². The van der Waals surface area contributed by atoms with Crippen molar-refractivity contribution < 1.29 is 17.9 Å². The first-order chi connectivity index (χ1) is 9.94. The number of aryl methyl sites for hydroxylation is 2. The second kappa shape index (κ2) is 6.74. The lowest BCUT2D eigenvalue weighted by Crippen LogP contribution is -2.40. The topological polar surface area (TPSA) is 76.7 Å². The number of hydrogen-bond acceptors (Lipinski definition) is 5. The average Bonchev–Trinajstić information content (AvgIpc) is 2.45. The third kappa shape index (κ3) is 3.94. The molecule has 1 aromatic carbocycles. The molecule has 0 saturated carbocycles. The second-order valence-electron chi connectivity index (χ2n) is 5.11. The maximum Gasteiger partial charge on any atom is 0.241 e. The smallest absolute Gasteiger partial charge is 0.241 e. The number of anilines is 1. The molecule has 1 aliphatic heterocycles. The molecule has 1 aliphatic rings. The van der Waals surface area contributed by atoms with Crippen molar-refractivity contribution in [3.8, 4) is 0 Å². The van der Waals surface area contributed by atoms with E-state index in [1.165, 1.54) is 0 Å². The normalized spacial score (nSPS) is 19.5. The maximum atomic E-state index is 12.5. The van der Waals surface area contributed by atoms with Crippen LogP contribution in [0, 0.1) is 13.8 Å². The molecule has 2 rings (SSSR count). The van der Waals surface area contributed by atoms with Crippen LogP contribution in [0.25, 0.3) is 0 Å². The van der Waals surface area contributed by atoms with Gasteiger partial charge >= 0.3 is 0 Å². The fraction of sp³-hybridized carbons (Fsp3) is 0.571. The van der Waals surface area contributed by atoms with Crippen LogP contribution in [-0.4, -0.2) is 47.9 Å². The highest BCUT2D eigenvalue weighted by Gasteiger charge is 2.23. The van der Waals surface area contributed by atoms with Crippen LogP contribution in [0.4, 0.5) is 5.69 Å². The molecule has 0 radical (unpaired) electrons. The van der Waals surface area contributed by atoms with Crippen molar-refractivity contribution in [1.29, 1.82) is 0 Å². The fourth-order valence-electron chi connectivity index (χ4n) is 2.45. The summed E-state index contributed by atoms with van der Waals surface area (Å²) in [6.07, 6.45) is -0.231. The summed E-state index contributed by atoms with van der Waals surface area (Å²) < 4.78 is 38.3. The molecule has 1 saturated heterocycles. The van der Waals surface area contributed by atoms with Gasteiger partial charge in [0.25, 0.3) is 0 Å². The zero-order chi connectivity index (χ0) is 15.5. The van der Waals surface area contributed by atoms with Crippen LogP contribution in [0.2, 0.25) is 0 Å². The second-order valence-corrected chi connectivity index (χ2v) is 6.81. The summed E-state index contributed by atoms with van der Waals surface area (Å²) in [4.78, 5) is 0.332. The monoisotopic (exact) mass is 314 g/mol. The number of benzene rings is 1. The molecule has 2 N–H and O–H groups in total. The number of nitrogens with one attached hydrogen (secondary N) is 2. The summed E-state index contributed by atoms with van der Waals surface area (Å²) in [7, 11) is -1.75. The van der Waals surface area contributed by atoms with Crippen LogP contribution in [-0.2, 0) is 19.5 Å². The van der Waals surface area contributed by atoms with E-state index in [2.05, 4.69) is 10.0 Å². The van der Waals surface area contributed by atoms with Crippen LogP contribution in [0.5, 0.6) is 0 Å². The summed E-state index contributed by atoms with van der Waals surface area (Å²) in [6.45, 7) is 5.29. The van der Waals surface area contributed by atoms with Crippen molar-refractivity contribution >= 4 is 15.7 Å². The molecule has 0 bridgehead atoms. The van der Waals surface area contributed by atoms with Crippen molar-refractivity contribution in [2.45, 2.75) is 24.8 Å². The lowest BCUT2D eigenvalue weighted by molar-refractivity contribution is -0.0846. The van der Waals surface area contributed by atoms with Crippen LogP contribution >= 0.6 is 0 Å². The Morgan fingerprint density at radius 3 is 2.43 bits per heavy atom. The predicted octanol–water partition coefficient (Wildman–Crippen LogP) is 1.04. The van der Waals surface area contributed by atoms with Gasteiger partial charge in [-0.2, -0.15) is 0 Å². The van der Waals surface area contributed by atoms with Gasteiger partial charge in [0.2, 0.25) is 10.0 Å². The molecule has 0 amide bonds. The molecule has 7 heteroatoms. The Kier molecular flexibility index (Phi) is 5.21. The van der Waals surface area contributed by atoms with Gasteiger partial charge in [-0.3, -0.25) is 0 Å². The van der Waals surface area contributed by atoms with Gasteiger partial charge in [0.1, 0.15) is 0 Å². The molecule has 0 aliphatic carbocycles. The van der Waals surface area contributed by atoms with Gasteiger partial charge in [0, 0.05) is 19.3 Å². The minimum atomic E-state index is -3.56. The van der Waals surface area contributed by atoms with Crippen molar-refractivity contribution in [2.24, 2.45) is 0 Å². The minimum absolute atomic E-state index is 0.217. The van der Waals surface area contributed by atoms with Crippen molar-refractivity contribution in [1.82, 2.24) is 4.72 Å². The minimum Gasteiger partial charge on any atom is -0.388 e. The molecule has 1 heterocycles. The first kappa shape index (κ1) is 16.2. The Balaban J connectivity index is 2.15. The predicted molar refractivity (Wildman–Crippen MR) is 81.2 cm³/mol. The van der Waals surface area contributed by atoms with Gasteiger partial charge in [-0.25, -0.2) is 13.1 Å². The molecule has 0 spiro atoms. The lowest BCUT2D eigenvalue weighted by atomic mass is 10.1. The van der Waals surface area contributed by atoms with Gasteiger partial charge in [-0.05, 0) is 37.1 Å². The lowest BCUT2D eigenvalue weighted by Gasteiger charge is -2.23. The van der Waals surface area contributed by atoms with Crippen molar-refractivity contribution in [3.63, 3.8) is 0 Å². The standard InChI is InChI=1S/C14H22N2O4S/c1-10-6-12(15-3)7-11(2)14(10)21(17,18)16-8-13-9-19-4-5-20-13/h6-7,13,15-16H,4-5,8-9H2,1-3H3. The highest BCUT2D eigenvalue weighted by Crippen LogP contribution is 2.24. The summed E-state index contributed by atoms with van der Waals surface area (Å²) in [5.41, 5.74) is 2.33. The van der Waals surface area contributed by atoms with Gasteiger partial charge in [-0.15, -0.1) is 0 Å². The van der Waals surface area contributed by atoms with Gasteiger partial charge in [-0.1, -0.05) is 0 Å². The van der Waals surface area contributed by atoms with Crippen LogP contribution in [0.1, 0.15) is 11.1 Å². The summed E-state index contributed by atoms with van der Waals surface area (Å²) in [5.74, 6) is 0. The third-order valence-corrected chi connectivity index (χ3v) is 5.13. The highest BCUT2D eigenvalue weighted by molar-refractivity contribution is 7.89. The van der Waals surface area contributed by atoms with E-state index in [-0.39, 0.29) is 12.6 Å². The molecule has 1 unspecified atom stereocenters. The summed E-state index contributed by atoms with van der Waals surface area (Å²) >= 11 is 0. The zero-order valence-corrected chi connectivity index (χ0v) is 13.4. The Morgan fingerprint density at radius 1 is 1.24 bits per heavy atom. The van der Waals surface area contributed by atoms with Gasteiger partial charge in [0.05, 0.1) is 30.8 Å². The Bertz CT molecular complexity index is 572. The molecule has 21 heavy (non-hydrogen) atoms. The molecular formula is C14H22N2O4S. The van der Waals surface area contributed by atoms with Gasteiger partial charge in [0.15, 0.2) is 0 Å². The number of rotatable bonds is 5. The van der Waals surface area contributed by atoms with E-state index in [1.807, 2.05) is 12.1 Å². The molecule has 1 atom stereocenters. The summed E-state index contributed by atoms with van der Waals surface area (Å²) in [5, 5.41) is 3.02. The van der Waals surface area contributed by atoms with Crippen molar-refractivity contribution in [3.05, 3.63) is 23.3 Å². The molecule has 6 nitrogen and oxygen atoms in total. The third-order valence-electron chi connectivity index (χ3n) is 3.40. The molecule has 118 valence electrons. The summed E-state index contributed by atoms with van der Waals surface area (Å²) in [6, 6.07) is 3.64. The fourth-order valence-corrected chi connectivity index (χ4v) is 3.96. The van der Waals surface area contributed by atoms with E-state index in [0.717, 1.165) is 5.69 Å². The SMILES string of the molecule is CNc1cc(C)c(S(=O)(=O)NCC2COCCO2)c(C)c1. The molecule has 1 fully saturated rings. The van der Waals surface area contributed by atoms with Crippen LogP contribution in [0.3, 0.4) is 0 Å². The number of ether oxygens (including phenoxy) is 2. The Morgan fingerprint density at radius 2 is 1.90 bits per heavy atom. The largest absolute Gasteiger partial charge is 0.388 e. The first-order valence-electron chi connectivity index (χ1n) is 6.92. The first-order valence-corrected chi connectivity index (χ1v) is 8.40. The maximum absolute atomic E-state index is 12.5. The zero-order valence-electron chi connectivity index (χ0n) is 12.6. The number of sulfonamides is 1. The Hall–Kier alpha value is -1.15. The average molecular weight is 314 g/mol. The van der Waals surface area contributed by atoms with E-state index in [1.54, 1.807) is 20.9 Å². The highest BCUT2D eigenvalue weighted by atomic mass is 32.2. The number of hydrogen-bond donors (Lipinski definition) is 2. The Labute approximate surface area is 125 Å². The van der Waals surface area contributed by atoms with Crippen LogP contribution in [0.15, 0.2) is 17.0 Å². The molecule has 0 aromatic heterocycles. The van der Waals surface area contributed by atoms with Crippen molar-refractivity contribution in [2.75, 3.05) is 38.7 Å². The van der Waals surface area contributed by atoms with E-state index in [4.69, 9.17) is 9.47 Å². The quantitative estimate of drug-likeness (QED) is 0.849. The van der Waals surface area contributed by atoms with Gasteiger partial charge < -0.3 is 14.8 Å². The molecular weight excluding hydrogens is 292 g/mol.